The van der Waals surface area contributed by atoms with E-state index in [-0.39, 0.29) is 0 Å². The Morgan fingerprint density at radius 3 is 3.00 bits per heavy atom. The van der Waals surface area contributed by atoms with Crippen LogP contribution in [0.15, 0.2) is 16.5 Å². The van der Waals surface area contributed by atoms with Gasteiger partial charge in [-0.3, -0.25) is 0 Å². The lowest BCUT2D eigenvalue weighted by Gasteiger charge is -2.09. The second-order valence-electron chi connectivity index (χ2n) is 4.98. The summed E-state index contributed by atoms with van der Waals surface area (Å²) < 4.78 is 0. The van der Waals surface area contributed by atoms with Gasteiger partial charge < -0.3 is 5.32 Å². The predicted molar refractivity (Wildman–Crippen MR) is 84.3 cm³/mol. The summed E-state index contributed by atoms with van der Waals surface area (Å²) in [6.07, 6.45) is 5.60. The molecule has 2 aromatic rings. The quantitative estimate of drug-likeness (QED) is 0.655. The number of thioether (sulfide) groups is 1. The van der Waals surface area contributed by atoms with E-state index in [0.717, 1.165) is 28.3 Å². The topological polar surface area (TPSA) is 37.8 Å². The summed E-state index contributed by atoms with van der Waals surface area (Å²) >= 11 is 3.60. The van der Waals surface area contributed by atoms with Crippen molar-refractivity contribution in [3.63, 3.8) is 0 Å². The Balaban J connectivity index is 1.80. The van der Waals surface area contributed by atoms with Crippen molar-refractivity contribution in [3.05, 3.63) is 11.4 Å². The Morgan fingerprint density at radius 1 is 1.37 bits per heavy atom. The van der Waals surface area contributed by atoms with Crippen molar-refractivity contribution in [2.24, 2.45) is 5.92 Å². The molecule has 1 aliphatic carbocycles. The van der Waals surface area contributed by atoms with Crippen molar-refractivity contribution in [2.75, 3.05) is 17.6 Å². The lowest BCUT2D eigenvalue weighted by Crippen LogP contribution is -2.03. The number of fused-ring (bicyclic) bond motifs is 1. The standard InChI is InChI=1S/C14H19N3S2/c1-2-15-14-16-12-11(7-8-18-12)13(17-14)19-9-10-5-3-4-6-10/h7-8,10H,2-6,9H2,1H3,(H,15,16,17). The largest absolute Gasteiger partial charge is 0.354 e. The SMILES string of the molecule is CCNc1nc(SCC2CCCC2)c2ccsc2n1. The Hall–Kier alpha value is -0.810. The Labute approximate surface area is 122 Å². The smallest absolute Gasteiger partial charge is 0.225 e. The molecule has 19 heavy (non-hydrogen) atoms. The van der Waals surface area contributed by atoms with E-state index in [4.69, 9.17) is 0 Å². The lowest BCUT2D eigenvalue weighted by molar-refractivity contribution is 0.623. The first-order chi connectivity index (χ1) is 9.36. The zero-order valence-corrected chi connectivity index (χ0v) is 12.8. The first-order valence-electron chi connectivity index (χ1n) is 6.98. The molecule has 1 aliphatic rings. The molecule has 2 heterocycles. The van der Waals surface area contributed by atoms with Crippen molar-refractivity contribution in [3.8, 4) is 0 Å². The van der Waals surface area contributed by atoms with Crippen molar-refractivity contribution in [1.29, 1.82) is 0 Å². The average Bonchev–Trinajstić information content (AvgIpc) is 3.07. The fraction of sp³-hybridized carbons (Fsp3) is 0.571. The number of hydrogen-bond acceptors (Lipinski definition) is 5. The molecule has 0 aromatic carbocycles. The van der Waals surface area contributed by atoms with Gasteiger partial charge in [0.25, 0.3) is 0 Å². The van der Waals surface area contributed by atoms with E-state index in [1.807, 2.05) is 11.8 Å². The van der Waals surface area contributed by atoms with Crippen LogP contribution in [0.2, 0.25) is 0 Å². The second kappa shape index (κ2) is 6.09. The van der Waals surface area contributed by atoms with E-state index < -0.39 is 0 Å². The van der Waals surface area contributed by atoms with Crippen LogP contribution in [0.1, 0.15) is 32.6 Å². The lowest BCUT2D eigenvalue weighted by atomic mass is 10.1. The highest BCUT2D eigenvalue weighted by atomic mass is 32.2. The van der Waals surface area contributed by atoms with Crippen LogP contribution in [-0.2, 0) is 0 Å². The van der Waals surface area contributed by atoms with Crippen LogP contribution in [-0.4, -0.2) is 22.3 Å². The molecule has 0 amide bonds. The summed E-state index contributed by atoms with van der Waals surface area (Å²) in [7, 11) is 0. The average molecular weight is 293 g/mol. The predicted octanol–water partition coefficient (Wildman–Crippen LogP) is 4.41. The number of nitrogens with one attached hydrogen (secondary N) is 1. The zero-order chi connectivity index (χ0) is 13.1. The van der Waals surface area contributed by atoms with E-state index in [1.54, 1.807) is 11.3 Å². The van der Waals surface area contributed by atoms with Gasteiger partial charge >= 0.3 is 0 Å². The summed E-state index contributed by atoms with van der Waals surface area (Å²) in [5, 5.41) is 7.70. The van der Waals surface area contributed by atoms with Crippen LogP contribution in [0, 0.1) is 5.92 Å². The van der Waals surface area contributed by atoms with Gasteiger partial charge in [0.05, 0.1) is 0 Å². The normalized spacial score (nSPS) is 16.3. The number of aromatic nitrogens is 2. The van der Waals surface area contributed by atoms with Crippen LogP contribution >= 0.6 is 23.1 Å². The van der Waals surface area contributed by atoms with E-state index in [1.165, 1.54) is 36.8 Å². The third kappa shape index (κ3) is 3.03. The molecule has 0 spiro atoms. The Morgan fingerprint density at radius 2 is 2.21 bits per heavy atom. The van der Waals surface area contributed by atoms with Gasteiger partial charge in [0.2, 0.25) is 5.95 Å². The maximum Gasteiger partial charge on any atom is 0.225 e. The van der Waals surface area contributed by atoms with E-state index >= 15 is 0 Å². The van der Waals surface area contributed by atoms with Gasteiger partial charge in [-0.1, -0.05) is 12.8 Å². The summed E-state index contributed by atoms with van der Waals surface area (Å²) in [5.74, 6) is 2.86. The van der Waals surface area contributed by atoms with Crippen LogP contribution in [0.5, 0.6) is 0 Å². The van der Waals surface area contributed by atoms with E-state index in [2.05, 4.69) is 33.7 Å². The van der Waals surface area contributed by atoms with Crippen LogP contribution in [0.4, 0.5) is 5.95 Å². The zero-order valence-electron chi connectivity index (χ0n) is 11.2. The molecule has 1 saturated carbocycles. The van der Waals surface area contributed by atoms with Crippen LogP contribution < -0.4 is 5.32 Å². The molecule has 0 bridgehead atoms. The van der Waals surface area contributed by atoms with E-state index in [9.17, 15) is 0 Å². The number of rotatable bonds is 5. The minimum absolute atomic E-state index is 0.770. The van der Waals surface area contributed by atoms with Crippen LogP contribution in [0.25, 0.3) is 10.2 Å². The minimum atomic E-state index is 0.770. The highest BCUT2D eigenvalue weighted by Gasteiger charge is 2.17. The molecule has 0 aliphatic heterocycles. The molecule has 1 N–H and O–H groups in total. The molecule has 1 fully saturated rings. The highest BCUT2D eigenvalue weighted by Crippen LogP contribution is 2.34. The summed E-state index contributed by atoms with van der Waals surface area (Å²) in [4.78, 5) is 10.3. The first-order valence-corrected chi connectivity index (χ1v) is 8.85. The molecule has 3 nitrogen and oxygen atoms in total. The summed E-state index contributed by atoms with van der Waals surface area (Å²) in [6, 6.07) is 2.15. The molecule has 0 unspecified atom stereocenters. The third-order valence-corrected chi connectivity index (χ3v) is 5.58. The van der Waals surface area contributed by atoms with Crippen LogP contribution in [0.3, 0.4) is 0 Å². The molecule has 102 valence electrons. The summed E-state index contributed by atoms with van der Waals surface area (Å²) in [5.41, 5.74) is 0. The Bertz CT molecular complexity index is 547. The molecule has 3 rings (SSSR count). The van der Waals surface area contributed by atoms with Gasteiger partial charge in [0.15, 0.2) is 0 Å². The highest BCUT2D eigenvalue weighted by molar-refractivity contribution is 7.99. The fourth-order valence-electron chi connectivity index (χ4n) is 2.55. The van der Waals surface area contributed by atoms with Gasteiger partial charge in [-0.2, -0.15) is 0 Å². The third-order valence-electron chi connectivity index (χ3n) is 3.56. The summed E-state index contributed by atoms with van der Waals surface area (Å²) in [6.45, 7) is 2.94. The van der Waals surface area contributed by atoms with Gasteiger partial charge in [-0.05, 0) is 37.1 Å². The van der Waals surface area contributed by atoms with Gasteiger partial charge in [-0.15, -0.1) is 23.1 Å². The molecule has 0 atom stereocenters. The molecule has 2 aromatic heterocycles. The van der Waals surface area contributed by atoms with Crippen molar-refractivity contribution in [2.45, 2.75) is 37.6 Å². The van der Waals surface area contributed by atoms with Crippen molar-refractivity contribution >= 4 is 39.3 Å². The van der Waals surface area contributed by atoms with Gasteiger partial charge in [-0.25, -0.2) is 9.97 Å². The number of nitrogens with zero attached hydrogens (tertiary/aromatic N) is 2. The van der Waals surface area contributed by atoms with Crippen molar-refractivity contribution in [1.82, 2.24) is 9.97 Å². The molecule has 5 heteroatoms. The first kappa shape index (κ1) is 13.2. The maximum absolute atomic E-state index is 4.67. The van der Waals surface area contributed by atoms with Gasteiger partial charge in [0, 0.05) is 17.7 Å². The molecule has 0 radical (unpaired) electrons. The van der Waals surface area contributed by atoms with Gasteiger partial charge in [0.1, 0.15) is 9.86 Å². The van der Waals surface area contributed by atoms with Crippen molar-refractivity contribution < 1.29 is 0 Å². The maximum atomic E-state index is 4.67. The molecular formula is C14H19N3S2. The number of hydrogen-bond donors (Lipinski definition) is 1. The monoisotopic (exact) mass is 293 g/mol. The fourth-order valence-corrected chi connectivity index (χ4v) is 4.58. The van der Waals surface area contributed by atoms with E-state index in [0.29, 0.717) is 0 Å². The Kier molecular flexibility index (Phi) is 4.23. The molecule has 0 saturated heterocycles. The second-order valence-corrected chi connectivity index (χ2v) is 6.89. The number of anilines is 1. The number of thiophene rings is 1. The minimum Gasteiger partial charge on any atom is -0.354 e. The molecular weight excluding hydrogens is 274 g/mol.